The fourth-order valence-electron chi connectivity index (χ4n) is 1.82. The maximum atomic E-state index is 13.8. The van der Waals surface area contributed by atoms with Gasteiger partial charge in [-0.3, -0.25) is 0 Å². The van der Waals surface area contributed by atoms with Crippen molar-refractivity contribution < 1.29 is 13.2 Å². The van der Waals surface area contributed by atoms with Gasteiger partial charge in [0.15, 0.2) is 11.6 Å². The highest BCUT2D eigenvalue weighted by Gasteiger charge is 2.20. The van der Waals surface area contributed by atoms with E-state index < -0.39 is 23.5 Å². The van der Waals surface area contributed by atoms with Gasteiger partial charge in [0.05, 0.1) is 6.04 Å². The van der Waals surface area contributed by atoms with Crippen LogP contribution in [0.5, 0.6) is 0 Å². The van der Waals surface area contributed by atoms with E-state index in [-0.39, 0.29) is 16.1 Å². The number of aryl methyl sites for hydroxylation is 1. The first kappa shape index (κ1) is 13.9. The van der Waals surface area contributed by atoms with Crippen molar-refractivity contribution in [3.8, 4) is 0 Å². The molecule has 0 aliphatic carbocycles. The van der Waals surface area contributed by atoms with Gasteiger partial charge in [0.2, 0.25) is 0 Å². The summed E-state index contributed by atoms with van der Waals surface area (Å²) in [5.74, 6) is -2.46. The highest BCUT2D eigenvalue weighted by Crippen LogP contribution is 2.30. The maximum absolute atomic E-state index is 13.8. The average molecular weight is 286 g/mol. The predicted octanol–water partition coefficient (Wildman–Crippen LogP) is 4.11. The summed E-state index contributed by atoms with van der Waals surface area (Å²) in [7, 11) is 0. The molecule has 5 heteroatoms. The molecule has 0 heterocycles. The van der Waals surface area contributed by atoms with Crippen LogP contribution in [0, 0.1) is 24.4 Å². The van der Waals surface area contributed by atoms with Crippen LogP contribution in [0.4, 0.5) is 13.2 Å². The summed E-state index contributed by atoms with van der Waals surface area (Å²) in [6.45, 7) is 1.46. The summed E-state index contributed by atoms with van der Waals surface area (Å²) in [4.78, 5) is 0. The van der Waals surface area contributed by atoms with Gasteiger partial charge in [0.1, 0.15) is 5.82 Å². The van der Waals surface area contributed by atoms with E-state index in [1.807, 2.05) is 0 Å². The zero-order chi connectivity index (χ0) is 14.2. The number of rotatable bonds is 2. The van der Waals surface area contributed by atoms with E-state index in [2.05, 4.69) is 0 Å². The van der Waals surface area contributed by atoms with Crippen LogP contribution in [0.2, 0.25) is 5.02 Å². The monoisotopic (exact) mass is 285 g/mol. The molecule has 1 nitrogen and oxygen atoms in total. The lowest BCUT2D eigenvalue weighted by molar-refractivity contribution is 0.489. The highest BCUT2D eigenvalue weighted by molar-refractivity contribution is 6.31. The van der Waals surface area contributed by atoms with Crippen LogP contribution in [-0.2, 0) is 0 Å². The van der Waals surface area contributed by atoms with Crippen LogP contribution in [0.3, 0.4) is 0 Å². The Morgan fingerprint density at radius 3 is 2.26 bits per heavy atom. The topological polar surface area (TPSA) is 26.0 Å². The number of hydrogen-bond donors (Lipinski definition) is 1. The molecule has 2 rings (SSSR count). The zero-order valence-electron chi connectivity index (χ0n) is 10.1. The van der Waals surface area contributed by atoms with Gasteiger partial charge in [-0.1, -0.05) is 29.8 Å². The minimum Gasteiger partial charge on any atom is -0.320 e. The Balaban J connectivity index is 2.50. The van der Waals surface area contributed by atoms with E-state index in [1.165, 1.54) is 31.2 Å². The summed E-state index contributed by atoms with van der Waals surface area (Å²) >= 11 is 5.86. The molecule has 2 aromatic rings. The van der Waals surface area contributed by atoms with E-state index in [4.69, 9.17) is 17.3 Å². The van der Waals surface area contributed by atoms with E-state index in [9.17, 15) is 13.2 Å². The minimum absolute atomic E-state index is 0.0170. The lowest BCUT2D eigenvalue weighted by atomic mass is 9.97. The molecule has 1 atom stereocenters. The standard InChI is InChI=1S/C14H11ClF3N/c1-7-2-4-10(13(18)12(7)17)14(19)9-5-3-8(16)6-11(9)15/h2-6,14H,19H2,1H3. The van der Waals surface area contributed by atoms with Crippen molar-refractivity contribution in [3.63, 3.8) is 0 Å². The second-order valence-electron chi connectivity index (χ2n) is 4.24. The molecule has 19 heavy (non-hydrogen) atoms. The molecular formula is C14H11ClF3N. The van der Waals surface area contributed by atoms with E-state index in [1.54, 1.807) is 0 Å². The van der Waals surface area contributed by atoms with Crippen LogP contribution in [0.1, 0.15) is 22.7 Å². The highest BCUT2D eigenvalue weighted by atomic mass is 35.5. The molecule has 0 spiro atoms. The molecule has 1 unspecified atom stereocenters. The first-order valence-corrected chi connectivity index (χ1v) is 5.94. The predicted molar refractivity (Wildman–Crippen MR) is 68.5 cm³/mol. The Morgan fingerprint density at radius 2 is 1.63 bits per heavy atom. The fraction of sp³-hybridized carbons (Fsp3) is 0.143. The number of halogens is 4. The van der Waals surface area contributed by atoms with Crippen LogP contribution in [-0.4, -0.2) is 0 Å². The summed E-state index contributed by atoms with van der Waals surface area (Å²) in [5.41, 5.74) is 6.39. The van der Waals surface area contributed by atoms with Crippen LogP contribution >= 0.6 is 11.6 Å². The molecule has 0 saturated carbocycles. The van der Waals surface area contributed by atoms with Crippen molar-refractivity contribution in [2.45, 2.75) is 13.0 Å². The molecule has 0 radical (unpaired) electrons. The minimum atomic E-state index is -1.01. The molecule has 0 aromatic heterocycles. The molecular weight excluding hydrogens is 275 g/mol. The maximum Gasteiger partial charge on any atom is 0.164 e. The van der Waals surface area contributed by atoms with Gasteiger partial charge in [0.25, 0.3) is 0 Å². The second kappa shape index (κ2) is 5.23. The summed E-state index contributed by atoms with van der Waals surface area (Å²) in [6.07, 6.45) is 0. The van der Waals surface area contributed by atoms with Crippen molar-refractivity contribution in [2.24, 2.45) is 5.73 Å². The molecule has 0 saturated heterocycles. The number of nitrogens with two attached hydrogens (primary N) is 1. The van der Waals surface area contributed by atoms with Gasteiger partial charge in [-0.15, -0.1) is 0 Å². The Morgan fingerprint density at radius 1 is 1.00 bits per heavy atom. The fourth-order valence-corrected chi connectivity index (χ4v) is 2.11. The van der Waals surface area contributed by atoms with Gasteiger partial charge in [-0.2, -0.15) is 0 Å². The first-order valence-electron chi connectivity index (χ1n) is 5.57. The lowest BCUT2D eigenvalue weighted by Gasteiger charge is -2.16. The molecule has 2 aromatic carbocycles. The molecule has 0 bridgehead atoms. The van der Waals surface area contributed by atoms with E-state index >= 15 is 0 Å². The third kappa shape index (κ3) is 2.60. The molecule has 0 aliphatic heterocycles. The van der Waals surface area contributed by atoms with Crippen molar-refractivity contribution >= 4 is 11.6 Å². The lowest BCUT2D eigenvalue weighted by Crippen LogP contribution is -2.15. The Labute approximate surface area is 113 Å². The van der Waals surface area contributed by atoms with Crippen molar-refractivity contribution in [2.75, 3.05) is 0 Å². The smallest absolute Gasteiger partial charge is 0.164 e. The molecule has 100 valence electrons. The molecule has 0 aliphatic rings. The van der Waals surface area contributed by atoms with Crippen molar-refractivity contribution in [3.05, 3.63) is 69.5 Å². The largest absolute Gasteiger partial charge is 0.320 e. The van der Waals surface area contributed by atoms with Crippen molar-refractivity contribution in [1.82, 2.24) is 0 Å². The van der Waals surface area contributed by atoms with Crippen LogP contribution in [0.25, 0.3) is 0 Å². The third-order valence-corrected chi connectivity index (χ3v) is 3.27. The second-order valence-corrected chi connectivity index (χ2v) is 4.65. The van der Waals surface area contributed by atoms with Crippen LogP contribution in [0.15, 0.2) is 30.3 Å². The van der Waals surface area contributed by atoms with Gasteiger partial charge < -0.3 is 5.73 Å². The third-order valence-electron chi connectivity index (χ3n) is 2.94. The first-order chi connectivity index (χ1) is 8.91. The van der Waals surface area contributed by atoms with Gasteiger partial charge in [0, 0.05) is 10.6 Å². The van der Waals surface area contributed by atoms with Gasteiger partial charge >= 0.3 is 0 Å². The average Bonchev–Trinajstić information content (AvgIpc) is 2.35. The Bertz CT molecular complexity index is 628. The normalized spacial score (nSPS) is 12.5. The summed E-state index contributed by atoms with van der Waals surface area (Å²) in [5, 5.41) is 0.0767. The number of benzene rings is 2. The molecule has 0 amide bonds. The quantitative estimate of drug-likeness (QED) is 0.883. The van der Waals surface area contributed by atoms with Crippen LogP contribution < -0.4 is 5.73 Å². The summed E-state index contributed by atoms with van der Waals surface area (Å²) < 4.78 is 40.3. The summed E-state index contributed by atoms with van der Waals surface area (Å²) in [6, 6.07) is 5.49. The SMILES string of the molecule is Cc1ccc(C(N)c2ccc(F)cc2Cl)c(F)c1F. The Hall–Kier alpha value is -1.52. The van der Waals surface area contributed by atoms with Crippen molar-refractivity contribution in [1.29, 1.82) is 0 Å². The van der Waals surface area contributed by atoms with Gasteiger partial charge in [-0.25, -0.2) is 13.2 Å². The van der Waals surface area contributed by atoms with Gasteiger partial charge in [-0.05, 0) is 30.2 Å². The Kier molecular flexibility index (Phi) is 3.83. The zero-order valence-corrected chi connectivity index (χ0v) is 10.8. The van der Waals surface area contributed by atoms with E-state index in [0.29, 0.717) is 5.56 Å². The number of hydrogen-bond acceptors (Lipinski definition) is 1. The van der Waals surface area contributed by atoms with E-state index in [0.717, 1.165) is 6.07 Å². The molecule has 2 N–H and O–H groups in total. The molecule has 0 fully saturated rings.